The van der Waals surface area contributed by atoms with Gasteiger partial charge in [0, 0.05) is 20.5 Å². The van der Waals surface area contributed by atoms with Crippen molar-refractivity contribution in [1.29, 1.82) is 0 Å². The fourth-order valence-electron chi connectivity index (χ4n) is 1.58. The van der Waals surface area contributed by atoms with Gasteiger partial charge < -0.3 is 5.32 Å². The molecule has 2 aromatic carbocycles. The molecule has 2 aromatic rings. The van der Waals surface area contributed by atoms with Crippen molar-refractivity contribution in [3.8, 4) is 0 Å². The van der Waals surface area contributed by atoms with E-state index in [2.05, 4.69) is 37.2 Å². The standard InChI is InChI=1S/C14H10Br2ClNO/c15-10-5-6-12(16)11(7-10)14(19)18-8-9-3-1-2-4-13(9)17/h1-7H,8H2,(H,18,19). The Morgan fingerprint density at radius 2 is 1.89 bits per heavy atom. The summed E-state index contributed by atoms with van der Waals surface area (Å²) in [5.41, 5.74) is 1.48. The third-order valence-corrected chi connectivity index (χ3v) is 4.12. The smallest absolute Gasteiger partial charge is 0.252 e. The van der Waals surface area contributed by atoms with Gasteiger partial charge in [0.05, 0.1) is 5.56 Å². The number of halogens is 3. The van der Waals surface area contributed by atoms with Crippen LogP contribution in [0.4, 0.5) is 0 Å². The summed E-state index contributed by atoms with van der Waals surface area (Å²) in [7, 11) is 0. The van der Waals surface area contributed by atoms with Crippen LogP contribution < -0.4 is 5.32 Å². The van der Waals surface area contributed by atoms with Crippen molar-refractivity contribution in [2.24, 2.45) is 0 Å². The molecule has 0 aliphatic carbocycles. The molecule has 2 rings (SSSR count). The second kappa shape index (κ2) is 6.55. The Bertz CT molecular complexity index is 616. The fourth-order valence-corrected chi connectivity index (χ4v) is 2.57. The van der Waals surface area contributed by atoms with Gasteiger partial charge in [0.2, 0.25) is 0 Å². The highest BCUT2D eigenvalue weighted by Crippen LogP contribution is 2.22. The van der Waals surface area contributed by atoms with E-state index in [4.69, 9.17) is 11.6 Å². The van der Waals surface area contributed by atoms with E-state index in [0.717, 1.165) is 14.5 Å². The summed E-state index contributed by atoms with van der Waals surface area (Å²) in [5, 5.41) is 3.50. The number of rotatable bonds is 3. The van der Waals surface area contributed by atoms with Crippen molar-refractivity contribution in [3.05, 3.63) is 67.6 Å². The van der Waals surface area contributed by atoms with Gasteiger partial charge in [0.1, 0.15) is 0 Å². The Kier molecular flexibility index (Phi) is 5.02. The number of benzene rings is 2. The first-order valence-corrected chi connectivity index (χ1v) is 7.51. The van der Waals surface area contributed by atoms with Crippen LogP contribution in [0.25, 0.3) is 0 Å². The lowest BCUT2D eigenvalue weighted by molar-refractivity contribution is 0.0950. The van der Waals surface area contributed by atoms with Crippen molar-refractivity contribution < 1.29 is 4.79 Å². The van der Waals surface area contributed by atoms with Gasteiger partial charge in [-0.05, 0) is 45.8 Å². The summed E-state index contributed by atoms with van der Waals surface area (Å²) in [6, 6.07) is 12.9. The van der Waals surface area contributed by atoms with Gasteiger partial charge in [-0.25, -0.2) is 0 Å². The van der Waals surface area contributed by atoms with Crippen LogP contribution in [0.2, 0.25) is 5.02 Å². The number of hydrogen-bond acceptors (Lipinski definition) is 1. The SMILES string of the molecule is O=C(NCc1ccccc1Cl)c1cc(Br)ccc1Br. The molecular weight excluding hydrogens is 393 g/mol. The highest BCUT2D eigenvalue weighted by atomic mass is 79.9. The molecule has 5 heteroatoms. The Morgan fingerprint density at radius 1 is 1.16 bits per heavy atom. The zero-order valence-electron chi connectivity index (χ0n) is 9.79. The van der Waals surface area contributed by atoms with Crippen molar-refractivity contribution in [1.82, 2.24) is 5.32 Å². The Balaban J connectivity index is 2.10. The minimum Gasteiger partial charge on any atom is -0.348 e. The van der Waals surface area contributed by atoms with Gasteiger partial charge in [-0.3, -0.25) is 4.79 Å². The summed E-state index contributed by atoms with van der Waals surface area (Å²) in [4.78, 5) is 12.1. The molecule has 0 bridgehead atoms. The summed E-state index contributed by atoms with van der Waals surface area (Å²) < 4.78 is 1.62. The Morgan fingerprint density at radius 3 is 2.63 bits per heavy atom. The first kappa shape index (κ1) is 14.6. The summed E-state index contributed by atoms with van der Waals surface area (Å²) in [6.45, 7) is 0.400. The minimum absolute atomic E-state index is 0.145. The van der Waals surface area contributed by atoms with Crippen molar-refractivity contribution >= 4 is 49.4 Å². The predicted octanol–water partition coefficient (Wildman–Crippen LogP) is 4.80. The van der Waals surface area contributed by atoms with E-state index in [1.165, 1.54) is 0 Å². The van der Waals surface area contributed by atoms with Crippen LogP contribution in [0.5, 0.6) is 0 Å². The van der Waals surface area contributed by atoms with Gasteiger partial charge >= 0.3 is 0 Å². The molecule has 0 spiro atoms. The largest absolute Gasteiger partial charge is 0.348 e. The van der Waals surface area contributed by atoms with Gasteiger partial charge in [-0.1, -0.05) is 45.7 Å². The molecule has 1 N–H and O–H groups in total. The molecule has 2 nitrogen and oxygen atoms in total. The zero-order valence-corrected chi connectivity index (χ0v) is 13.7. The van der Waals surface area contributed by atoms with Crippen molar-refractivity contribution in [2.75, 3.05) is 0 Å². The maximum Gasteiger partial charge on any atom is 0.252 e. The third-order valence-electron chi connectivity index (χ3n) is 2.57. The average Bonchev–Trinajstić information content (AvgIpc) is 2.40. The van der Waals surface area contributed by atoms with Crippen LogP contribution >= 0.6 is 43.5 Å². The van der Waals surface area contributed by atoms with E-state index < -0.39 is 0 Å². The number of nitrogens with one attached hydrogen (secondary N) is 1. The molecule has 0 fully saturated rings. The molecule has 1 amide bonds. The molecule has 0 saturated carbocycles. The van der Waals surface area contributed by atoms with Crippen LogP contribution in [-0.4, -0.2) is 5.91 Å². The van der Waals surface area contributed by atoms with E-state index in [0.29, 0.717) is 17.1 Å². The molecule has 0 unspecified atom stereocenters. The molecule has 0 radical (unpaired) electrons. The molecule has 0 aliphatic heterocycles. The van der Waals surface area contributed by atoms with Gasteiger partial charge in [-0.15, -0.1) is 0 Å². The lowest BCUT2D eigenvalue weighted by atomic mass is 10.2. The van der Waals surface area contributed by atoms with E-state index in [9.17, 15) is 4.79 Å². The van der Waals surface area contributed by atoms with Crippen molar-refractivity contribution in [3.63, 3.8) is 0 Å². The highest BCUT2D eigenvalue weighted by molar-refractivity contribution is 9.11. The normalized spacial score (nSPS) is 10.3. The lowest BCUT2D eigenvalue weighted by Gasteiger charge is -2.08. The van der Waals surface area contributed by atoms with Gasteiger partial charge in [0.15, 0.2) is 0 Å². The molecule has 0 atom stereocenters. The second-order valence-corrected chi connectivity index (χ2v) is 6.08. The summed E-state index contributed by atoms with van der Waals surface area (Å²) >= 11 is 12.8. The first-order valence-electron chi connectivity index (χ1n) is 5.54. The topological polar surface area (TPSA) is 29.1 Å². The molecule has 0 aromatic heterocycles. The summed E-state index contributed by atoms with van der Waals surface area (Å²) in [6.07, 6.45) is 0. The zero-order chi connectivity index (χ0) is 13.8. The quantitative estimate of drug-likeness (QED) is 0.784. The Hall–Kier alpha value is -0.840. The van der Waals surface area contributed by atoms with E-state index >= 15 is 0 Å². The summed E-state index contributed by atoms with van der Waals surface area (Å²) in [5.74, 6) is -0.145. The first-order chi connectivity index (χ1) is 9.08. The van der Waals surface area contributed by atoms with Crippen LogP contribution in [0, 0.1) is 0 Å². The maximum atomic E-state index is 12.1. The maximum absolute atomic E-state index is 12.1. The van der Waals surface area contributed by atoms with E-state index in [1.54, 1.807) is 12.1 Å². The number of amides is 1. The van der Waals surface area contributed by atoms with Crippen LogP contribution in [0.3, 0.4) is 0 Å². The van der Waals surface area contributed by atoms with Crippen molar-refractivity contribution in [2.45, 2.75) is 6.54 Å². The van der Waals surface area contributed by atoms with Crippen LogP contribution in [0.1, 0.15) is 15.9 Å². The molecule has 0 saturated heterocycles. The van der Waals surface area contributed by atoms with Crippen LogP contribution in [-0.2, 0) is 6.54 Å². The number of hydrogen-bond donors (Lipinski definition) is 1. The van der Waals surface area contributed by atoms with Gasteiger partial charge in [-0.2, -0.15) is 0 Å². The highest BCUT2D eigenvalue weighted by Gasteiger charge is 2.10. The molecule has 98 valence electrons. The molecule has 0 heterocycles. The fraction of sp³-hybridized carbons (Fsp3) is 0.0714. The monoisotopic (exact) mass is 401 g/mol. The Labute approximate surface area is 133 Å². The second-order valence-electron chi connectivity index (χ2n) is 3.90. The van der Waals surface area contributed by atoms with Crippen LogP contribution in [0.15, 0.2) is 51.4 Å². The molecule has 19 heavy (non-hydrogen) atoms. The van der Waals surface area contributed by atoms with Gasteiger partial charge in [0.25, 0.3) is 5.91 Å². The third kappa shape index (κ3) is 3.81. The van der Waals surface area contributed by atoms with E-state index in [-0.39, 0.29) is 5.91 Å². The van der Waals surface area contributed by atoms with E-state index in [1.807, 2.05) is 30.3 Å². The predicted molar refractivity (Wildman–Crippen MR) is 84.5 cm³/mol. The lowest BCUT2D eigenvalue weighted by Crippen LogP contribution is -2.23. The number of carbonyl (C=O) groups excluding carboxylic acids is 1. The number of carbonyl (C=O) groups is 1. The molecule has 0 aliphatic rings. The molecular formula is C14H10Br2ClNO. The minimum atomic E-state index is -0.145. The average molecular weight is 404 g/mol.